The van der Waals surface area contributed by atoms with Crippen molar-refractivity contribution >= 4 is 22.8 Å². The van der Waals surface area contributed by atoms with E-state index in [9.17, 15) is 0 Å². The van der Waals surface area contributed by atoms with Crippen molar-refractivity contribution in [1.82, 2.24) is 29.5 Å². The van der Waals surface area contributed by atoms with Crippen molar-refractivity contribution in [3.8, 4) is 5.82 Å². The summed E-state index contributed by atoms with van der Waals surface area (Å²) in [6.07, 6.45) is 6.63. The number of aromatic nitrogens is 6. The number of aromatic amines is 1. The Morgan fingerprint density at radius 2 is 2.27 bits per heavy atom. The molecule has 0 bridgehead atoms. The van der Waals surface area contributed by atoms with Gasteiger partial charge in [-0.25, -0.2) is 9.97 Å². The first kappa shape index (κ1) is 8.37. The largest absolute Gasteiger partial charge is 0.340 e. The molecule has 0 unspecified atom stereocenters. The van der Waals surface area contributed by atoms with E-state index in [2.05, 4.69) is 24.9 Å². The maximum atomic E-state index is 5.79. The van der Waals surface area contributed by atoms with Crippen LogP contribution in [0.2, 0.25) is 5.28 Å². The minimum atomic E-state index is 0.165. The molecule has 0 aliphatic heterocycles. The minimum absolute atomic E-state index is 0.165. The summed E-state index contributed by atoms with van der Waals surface area (Å²) in [7, 11) is 0. The lowest BCUT2D eigenvalue weighted by Crippen LogP contribution is -1.98. The Labute approximate surface area is 89.0 Å². The van der Waals surface area contributed by atoms with E-state index in [0.717, 1.165) is 5.52 Å². The molecule has 74 valence electrons. The maximum absolute atomic E-state index is 5.79. The molecule has 3 heterocycles. The Kier molecular flexibility index (Phi) is 1.69. The molecule has 15 heavy (non-hydrogen) atoms. The number of nitrogens with zero attached hydrogens (tertiary/aromatic N) is 5. The van der Waals surface area contributed by atoms with Gasteiger partial charge in [0.1, 0.15) is 11.8 Å². The number of imidazole rings is 2. The van der Waals surface area contributed by atoms with Gasteiger partial charge < -0.3 is 4.98 Å². The van der Waals surface area contributed by atoms with Gasteiger partial charge in [0.25, 0.3) is 0 Å². The fourth-order valence-electron chi connectivity index (χ4n) is 1.36. The van der Waals surface area contributed by atoms with E-state index in [4.69, 9.17) is 11.6 Å². The van der Waals surface area contributed by atoms with Crippen LogP contribution in [0.25, 0.3) is 17.0 Å². The van der Waals surface area contributed by atoms with E-state index in [1.54, 1.807) is 29.6 Å². The van der Waals surface area contributed by atoms with Gasteiger partial charge in [0.15, 0.2) is 11.5 Å². The molecule has 0 spiro atoms. The lowest BCUT2D eigenvalue weighted by molar-refractivity contribution is 0.987. The number of H-pyrrole nitrogens is 1. The molecule has 7 heteroatoms. The minimum Gasteiger partial charge on any atom is -0.340 e. The summed E-state index contributed by atoms with van der Waals surface area (Å²) in [5, 5.41) is 0.165. The molecule has 0 saturated carbocycles. The summed E-state index contributed by atoms with van der Waals surface area (Å²) in [5.74, 6) is 0.639. The van der Waals surface area contributed by atoms with Gasteiger partial charge in [-0.3, -0.25) is 4.57 Å². The molecule has 1 N–H and O–H groups in total. The molecule has 0 aromatic carbocycles. The SMILES string of the molecule is Clc1nc(-n2ccnc2)c2[nH]cnc2n1. The summed E-state index contributed by atoms with van der Waals surface area (Å²) < 4.78 is 1.74. The lowest BCUT2D eigenvalue weighted by atomic mass is 10.5. The first-order valence-electron chi connectivity index (χ1n) is 4.19. The highest BCUT2D eigenvalue weighted by molar-refractivity contribution is 6.28. The molecule has 3 aromatic rings. The predicted octanol–water partition coefficient (Wildman–Crippen LogP) is 1.19. The van der Waals surface area contributed by atoms with Crippen LogP contribution in [-0.2, 0) is 0 Å². The average molecular weight is 221 g/mol. The van der Waals surface area contributed by atoms with Gasteiger partial charge in [-0.15, -0.1) is 0 Å². The fourth-order valence-corrected chi connectivity index (χ4v) is 1.52. The first-order chi connectivity index (χ1) is 7.34. The van der Waals surface area contributed by atoms with Gasteiger partial charge in [-0.05, 0) is 11.6 Å². The standard InChI is InChI=1S/C8H5ClN6/c9-8-13-6-5(11-3-12-6)7(14-8)15-2-1-10-4-15/h1-4H,(H,11,12,13,14). The summed E-state index contributed by atoms with van der Waals surface area (Å²) in [6.45, 7) is 0. The van der Waals surface area contributed by atoms with E-state index in [-0.39, 0.29) is 5.28 Å². The monoisotopic (exact) mass is 220 g/mol. The molecule has 0 aliphatic rings. The van der Waals surface area contributed by atoms with Crippen LogP contribution >= 0.6 is 11.6 Å². The highest BCUT2D eigenvalue weighted by Gasteiger charge is 2.09. The van der Waals surface area contributed by atoms with Crippen LogP contribution in [0.5, 0.6) is 0 Å². The van der Waals surface area contributed by atoms with E-state index in [1.807, 2.05) is 0 Å². The number of halogens is 1. The molecular formula is C8H5ClN6. The van der Waals surface area contributed by atoms with Crippen molar-refractivity contribution < 1.29 is 0 Å². The summed E-state index contributed by atoms with van der Waals surface area (Å²) >= 11 is 5.79. The van der Waals surface area contributed by atoms with Gasteiger partial charge in [-0.2, -0.15) is 9.97 Å². The Morgan fingerprint density at radius 3 is 3.07 bits per heavy atom. The summed E-state index contributed by atoms with van der Waals surface area (Å²) in [4.78, 5) is 19.0. The van der Waals surface area contributed by atoms with Crippen molar-refractivity contribution in [3.63, 3.8) is 0 Å². The zero-order chi connectivity index (χ0) is 10.3. The maximum Gasteiger partial charge on any atom is 0.226 e. The van der Waals surface area contributed by atoms with E-state index in [1.165, 1.54) is 0 Å². The number of hydrogen-bond acceptors (Lipinski definition) is 4. The van der Waals surface area contributed by atoms with E-state index < -0.39 is 0 Å². The normalized spacial score (nSPS) is 11.0. The van der Waals surface area contributed by atoms with Gasteiger partial charge in [-0.1, -0.05) is 0 Å². The predicted molar refractivity (Wildman–Crippen MR) is 53.8 cm³/mol. The van der Waals surface area contributed by atoms with Crippen LogP contribution in [0.15, 0.2) is 25.0 Å². The van der Waals surface area contributed by atoms with Crippen LogP contribution in [0.1, 0.15) is 0 Å². The number of fused-ring (bicyclic) bond motifs is 1. The number of nitrogens with one attached hydrogen (secondary N) is 1. The molecule has 0 atom stereocenters. The third-order valence-electron chi connectivity index (χ3n) is 1.99. The number of rotatable bonds is 1. The number of hydrogen-bond donors (Lipinski definition) is 1. The summed E-state index contributed by atoms with van der Waals surface area (Å²) in [6, 6.07) is 0. The highest BCUT2D eigenvalue weighted by atomic mass is 35.5. The Hall–Kier alpha value is -1.95. The van der Waals surface area contributed by atoms with Gasteiger partial charge in [0.05, 0.1) is 6.33 Å². The van der Waals surface area contributed by atoms with Crippen LogP contribution in [0, 0.1) is 0 Å². The van der Waals surface area contributed by atoms with Crippen LogP contribution in [0.3, 0.4) is 0 Å². The van der Waals surface area contributed by atoms with Crippen LogP contribution < -0.4 is 0 Å². The van der Waals surface area contributed by atoms with Crippen molar-refractivity contribution in [2.45, 2.75) is 0 Å². The Bertz CT molecular complexity index is 599. The second kappa shape index (κ2) is 3.03. The molecular weight excluding hydrogens is 216 g/mol. The molecule has 0 radical (unpaired) electrons. The van der Waals surface area contributed by atoms with Gasteiger partial charge in [0, 0.05) is 12.4 Å². The third kappa shape index (κ3) is 1.26. The zero-order valence-electron chi connectivity index (χ0n) is 7.42. The lowest BCUT2D eigenvalue weighted by Gasteiger charge is -2.01. The van der Waals surface area contributed by atoms with Crippen molar-refractivity contribution in [2.24, 2.45) is 0 Å². The van der Waals surface area contributed by atoms with E-state index in [0.29, 0.717) is 11.5 Å². The van der Waals surface area contributed by atoms with Crippen LogP contribution in [0.4, 0.5) is 0 Å². The van der Waals surface area contributed by atoms with Gasteiger partial charge >= 0.3 is 0 Å². The van der Waals surface area contributed by atoms with E-state index >= 15 is 0 Å². The molecule has 6 nitrogen and oxygen atoms in total. The van der Waals surface area contributed by atoms with Crippen molar-refractivity contribution in [2.75, 3.05) is 0 Å². The topological polar surface area (TPSA) is 72.3 Å². The Balaban J connectivity index is 2.38. The van der Waals surface area contributed by atoms with Gasteiger partial charge in [0.2, 0.25) is 5.28 Å². The first-order valence-corrected chi connectivity index (χ1v) is 4.57. The molecule has 3 aromatic heterocycles. The molecule has 0 fully saturated rings. The third-order valence-corrected chi connectivity index (χ3v) is 2.16. The molecule has 0 aliphatic carbocycles. The molecule has 0 amide bonds. The van der Waals surface area contributed by atoms with Crippen LogP contribution in [-0.4, -0.2) is 29.5 Å². The second-order valence-corrected chi connectivity index (χ2v) is 3.23. The molecule has 0 saturated heterocycles. The van der Waals surface area contributed by atoms with Crippen molar-refractivity contribution in [3.05, 3.63) is 30.3 Å². The smallest absolute Gasteiger partial charge is 0.226 e. The Morgan fingerprint density at radius 1 is 1.33 bits per heavy atom. The highest BCUT2D eigenvalue weighted by Crippen LogP contribution is 2.17. The van der Waals surface area contributed by atoms with Crippen molar-refractivity contribution in [1.29, 1.82) is 0 Å². The fraction of sp³-hybridized carbons (Fsp3) is 0. The average Bonchev–Trinajstić information content (AvgIpc) is 2.86. The second-order valence-electron chi connectivity index (χ2n) is 2.89. The molecule has 3 rings (SSSR count). The quantitative estimate of drug-likeness (QED) is 0.626. The summed E-state index contributed by atoms with van der Waals surface area (Å²) in [5.41, 5.74) is 1.27. The zero-order valence-corrected chi connectivity index (χ0v) is 8.18.